The molecule has 0 radical (unpaired) electrons. The summed E-state index contributed by atoms with van der Waals surface area (Å²) in [6, 6.07) is 4.37. The van der Waals surface area contributed by atoms with E-state index < -0.39 is 12.0 Å². The predicted molar refractivity (Wildman–Crippen MR) is 60.2 cm³/mol. The van der Waals surface area contributed by atoms with Gasteiger partial charge in [-0.05, 0) is 17.7 Å². The topological polar surface area (TPSA) is 128 Å². The number of primary amides is 1. The second-order valence-corrected chi connectivity index (χ2v) is 3.21. The molecule has 0 aliphatic carbocycles. The van der Waals surface area contributed by atoms with Crippen molar-refractivity contribution in [1.29, 1.82) is 0 Å². The highest BCUT2D eigenvalue weighted by Crippen LogP contribution is 2.24. The number of amides is 2. The van der Waals surface area contributed by atoms with E-state index >= 15 is 0 Å². The summed E-state index contributed by atoms with van der Waals surface area (Å²) in [5, 5.41) is 11.9. The summed E-state index contributed by atoms with van der Waals surface area (Å²) >= 11 is 0. The molecule has 6 N–H and O–H groups in total. The number of phenols is 1. The van der Waals surface area contributed by atoms with E-state index in [0.29, 0.717) is 5.56 Å². The van der Waals surface area contributed by atoms with Crippen molar-refractivity contribution < 1.29 is 19.4 Å². The molecule has 1 rings (SSSR count). The SMILES string of the molecule is NCC(=O)Nc1cc(COC(N)=O)ccc1O. The highest BCUT2D eigenvalue weighted by Gasteiger charge is 2.06. The predicted octanol–water partition coefficient (Wildman–Crippen LogP) is -0.115. The van der Waals surface area contributed by atoms with Crippen molar-refractivity contribution >= 4 is 17.7 Å². The lowest BCUT2D eigenvalue weighted by atomic mass is 10.2. The minimum absolute atomic E-state index is 0.0406. The van der Waals surface area contributed by atoms with E-state index in [4.69, 9.17) is 11.5 Å². The maximum atomic E-state index is 11.1. The molecule has 0 spiro atoms. The lowest BCUT2D eigenvalue weighted by molar-refractivity contribution is -0.114. The van der Waals surface area contributed by atoms with Gasteiger partial charge < -0.3 is 26.6 Å². The van der Waals surface area contributed by atoms with Gasteiger partial charge in [-0.2, -0.15) is 0 Å². The van der Waals surface area contributed by atoms with Crippen LogP contribution in [-0.2, 0) is 16.1 Å². The van der Waals surface area contributed by atoms with Crippen LogP contribution < -0.4 is 16.8 Å². The summed E-state index contributed by atoms with van der Waals surface area (Å²) in [7, 11) is 0. The Hall–Kier alpha value is -2.28. The van der Waals surface area contributed by atoms with E-state index in [1.165, 1.54) is 18.2 Å². The van der Waals surface area contributed by atoms with Crippen LogP contribution in [0.15, 0.2) is 18.2 Å². The Bertz CT molecular complexity index is 434. The molecule has 1 aromatic rings. The zero-order chi connectivity index (χ0) is 12.8. The molecule has 0 saturated heterocycles. The molecule has 0 aliphatic heterocycles. The second-order valence-electron chi connectivity index (χ2n) is 3.21. The van der Waals surface area contributed by atoms with Crippen LogP contribution in [0.1, 0.15) is 5.56 Å². The zero-order valence-electron chi connectivity index (χ0n) is 8.97. The van der Waals surface area contributed by atoms with Crippen LogP contribution in [-0.4, -0.2) is 23.7 Å². The number of ether oxygens (including phenoxy) is 1. The van der Waals surface area contributed by atoms with Crippen molar-refractivity contribution in [2.24, 2.45) is 11.5 Å². The van der Waals surface area contributed by atoms with Crippen LogP contribution in [0.25, 0.3) is 0 Å². The van der Waals surface area contributed by atoms with E-state index in [9.17, 15) is 14.7 Å². The zero-order valence-corrected chi connectivity index (χ0v) is 8.97. The lowest BCUT2D eigenvalue weighted by Crippen LogP contribution is -2.22. The summed E-state index contributed by atoms with van der Waals surface area (Å²) < 4.78 is 4.57. The Labute approximate surface area is 97.4 Å². The normalized spacial score (nSPS) is 9.71. The molecule has 2 amide bonds. The standard InChI is InChI=1S/C10H13N3O4/c11-4-9(15)13-7-3-6(1-2-8(7)14)5-17-10(12)16/h1-3,14H,4-5,11H2,(H2,12,16)(H,13,15). The summed E-state index contributed by atoms with van der Waals surface area (Å²) in [5.74, 6) is -0.539. The average molecular weight is 239 g/mol. The first kappa shape index (κ1) is 12.8. The van der Waals surface area contributed by atoms with Crippen molar-refractivity contribution in [1.82, 2.24) is 0 Å². The van der Waals surface area contributed by atoms with Gasteiger partial charge in [0.2, 0.25) is 5.91 Å². The van der Waals surface area contributed by atoms with Gasteiger partial charge in [-0.3, -0.25) is 4.79 Å². The Morgan fingerprint density at radius 3 is 2.71 bits per heavy atom. The monoisotopic (exact) mass is 239 g/mol. The van der Waals surface area contributed by atoms with Gasteiger partial charge in [0.05, 0.1) is 12.2 Å². The fourth-order valence-corrected chi connectivity index (χ4v) is 1.13. The number of carbonyl (C=O) groups excluding carboxylic acids is 2. The van der Waals surface area contributed by atoms with Gasteiger partial charge in [-0.1, -0.05) is 6.07 Å². The van der Waals surface area contributed by atoms with Crippen molar-refractivity contribution in [3.63, 3.8) is 0 Å². The van der Waals surface area contributed by atoms with Crippen LogP contribution in [0.4, 0.5) is 10.5 Å². The molecule has 0 unspecified atom stereocenters. The van der Waals surface area contributed by atoms with E-state index in [2.05, 4.69) is 10.1 Å². The first-order chi connectivity index (χ1) is 8.02. The van der Waals surface area contributed by atoms with Gasteiger partial charge in [0.1, 0.15) is 12.4 Å². The van der Waals surface area contributed by atoms with Crippen molar-refractivity contribution in [3.05, 3.63) is 23.8 Å². The number of rotatable bonds is 4. The maximum Gasteiger partial charge on any atom is 0.404 e. The lowest BCUT2D eigenvalue weighted by Gasteiger charge is -2.08. The van der Waals surface area contributed by atoms with E-state index in [1.807, 2.05) is 0 Å². The number of nitrogens with one attached hydrogen (secondary N) is 1. The number of hydrogen-bond acceptors (Lipinski definition) is 5. The third kappa shape index (κ3) is 3.99. The van der Waals surface area contributed by atoms with Gasteiger partial charge in [0.25, 0.3) is 0 Å². The van der Waals surface area contributed by atoms with Crippen LogP contribution in [0.3, 0.4) is 0 Å². The van der Waals surface area contributed by atoms with Gasteiger partial charge in [0, 0.05) is 0 Å². The Balaban J connectivity index is 2.79. The second kappa shape index (κ2) is 5.71. The van der Waals surface area contributed by atoms with Crippen molar-refractivity contribution in [2.75, 3.05) is 11.9 Å². The third-order valence-electron chi connectivity index (χ3n) is 1.90. The smallest absolute Gasteiger partial charge is 0.404 e. The first-order valence-corrected chi connectivity index (χ1v) is 4.77. The Kier molecular flexibility index (Phi) is 4.29. The van der Waals surface area contributed by atoms with Crippen LogP contribution in [0.5, 0.6) is 5.75 Å². The van der Waals surface area contributed by atoms with Gasteiger partial charge in [-0.15, -0.1) is 0 Å². The summed E-state index contributed by atoms with van der Waals surface area (Å²) in [6.07, 6.45) is -0.898. The molecule has 1 aromatic carbocycles. The summed E-state index contributed by atoms with van der Waals surface area (Å²) in [6.45, 7) is -0.234. The van der Waals surface area contributed by atoms with Crippen LogP contribution in [0, 0.1) is 0 Å². The van der Waals surface area contributed by atoms with Crippen LogP contribution in [0.2, 0.25) is 0 Å². The molecular weight excluding hydrogens is 226 g/mol. The molecule has 7 heteroatoms. The fraction of sp³-hybridized carbons (Fsp3) is 0.200. The number of benzene rings is 1. The average Bonchev–Trinajstić information content (AvgIpc) is 2.29. The number of aromatic hydroxyl groups is 1. The minimum Gasteiger partial charge on any atom is -0.506 e. The van der Waals surface area contributed by atoms with E-state index in [0.717, 1.165) is 0 Å². The fourth-order valence-electron chi connectivity index (χ4n) is 1.13. The number of hydrogen-bond donors (Lipinski definition) is 4. The summed E-state index contributed by atoms with van der Waals surface area (Å²) in [5.41, 5.74) is 10.7. The molecule has 0 atom stereocenters. The molecule has 17 heavy (non-hydrogen) atoms. The van der Waals surface area contributed by atoms with Crippen LogP contribution >= 0.6 is 0 Å². The highest BCUT2D eigenvalue weighted by atomic mass is 16.5. The first-order valence-electron chi connectivity index (χ1n) is 4.77. The minimum atomic E-state index is -0.898. The molecule has 0 aliphatic rings. The largest absolute Gasteiger partial charge is 0.506 e. The van der Waals surface area contributed by atoms with E-state index in [1.54, 1.807) is 0 Å². The van der Waals surface area contributed by atoms with Crippen molar-refractivity contribution in [3.8, 4) is 5.75 Å². The molecule has 0 fully saturated rings. The van der Waals surface area contributed by atoms with Gasteiger partial charge in [0.15, 0.2) is 0 Å². The molecule has 0 aromatic heterocycles. The highest BCUT2D eigenvalue weighted by molar-refractivity contribution is 5.93. The number of anilines is 1. The number of nitrogens with two attached hydrogens (primary N) is 2. The molecular formula is C10H13N3O4. The molecule has 92 valence electrons. The quantitative estimate of drug-likeness (QED) is 0.545. The Morgan fingerprint density at radius 1 is 1.41 bits per heavy atom. The molecule has 0 bridgehead atoms. The molecule has 0 saturated carbocycles. The number of phenolic OH excluding ortho intramolecular Hbond substituents is 1. The number of carbonyl (C=O) groups is 2. The Morgan fingerprint density at radius 2 is 2.12 bits per heavy atom. The molecule has 7 nitrogen and oxygen atoms in total. The maximum absolute atomic E-state index is 11.1. The summed E-state index contributed by atoms with van der Waals surface area (Å²) in [4.78, 5) is 21.5. The van der Waals surface area contributed by atoms with E-state index in [-0.39, 0.29) is 24.6 Å². The van der Waals surface area contributed by atoms with Gasteiger partial charge >= 0.3 is 6.09 Å². The van der Waals surface area contributed by atoms with Gasteiger partial charge in [-0.25, -0.2) is 4.79 Å². The molecule has 0 heterocycles. The van der Waals surface area contributed by atoms with Crippen molar-refractivity contribution in [2.45, 2.75) is 6.61 Å². The third-order valence-corrected chi connectivity index (χ3v) is 1.90.